The third-order valence-electron chi connectivity index (χ3n) is 2.86. The Balaban J connectivity index is 2.42. The Labute approximate surface area is 111 Å². The Morgan fingerprint density at radius 3 is 2.89 bits per heavy atom. The van der Waals surface area contributed by atoms with Crippen LogP contribution in [0.1, 0.15) is 35.7 Å². The predicted molar refractivity (Wildman–Crippen MR) is 72.0 cm³/mol. The van der Waals surface area contributed by atoms with Crippen LogP contribution in [0.25, 0.3) is 0 Å². The van der Waals surface area contributed by atoms with E-state index >= 15 is 0 Å². The predicted octanol–water partition coefficient (Wildman–Crippen LogP) is 2.11. The smallest absolute Gasteiger partial charge is 0.161 e. The van der Waals surface area contributed by atoms with Crippen LogP contribution in [0.4, 0.5) is 0 Å². The van der Waals surface area contributed by atoms with Crippen molar-refractivity contribution in [3.8, 4) is 5.75 Å². The summed E-state index contributed by atoms with van der Waals surface area (Å²) in [6.07, 6.45) is 2.73. The second-order valence-corrected chi connectivity index (χ2v) is 4.99. The Morgan fingerprint density at radius 1 is 1.56 bits per heavy atom. The van der Waals surface area contributed by atoms with Crippen molar-refractivity contribution in [2.45, 2.75) is 32.9 Å². The number of methoxy groups -OCH3 is 1. The molecule has 0 bridgehead atoms. The zero-order valence-corrected chi connectivity index (χ0v) is 11.7. The Hall–Kier alpha value is -1.40. The first-order valence-electron chi connectivity index (χ1n) is 5.94. The molecule has 0 aliphatic rings. The fourth-order valence-corrected chi connectivity index (χ4v) is 2.78. The van der Waals surface area contributed by atoms with Gasteiger partial charge < -0.3 is 10.5 Å². The van der Waals surface area contributed by atoms with Crippen molar-refractivity contribution in [2.75, 3.05) is 7.11 Å². The number of hydrogen-bond acceptors (Lipinski definition) is 5. The Morgan fingerprint density at radius 2 is 2.33 bits per heavy atom. The van der Waals surface area contributed by atoms with Crippen LogP contribution in [0.5, 0.6) is 5.75 Å². The number of aryl methyl sites for hydroxylation is 2. The highest BCUT2D eigenvalue weighted by Gasteiger charge is 2.22. The quantitative estimate of drug-likeness (QED) is 0.900. The number of hydrogen-bond donors (Lipinski definition) is 1. The monoisotopic (exact) mass is 266 g/mol. The van der Waals surface area contributed by atoms with Crippen LogP contribution in [0, 0.1) is 6.92 Å². The molecular formula is C12H18N4OS. The van der Waals surface area contributed by atoms with Gasteiger partial charge in [-0.1, -0.05) is 6.92 Å². The average Bonchev–Trinajstić information content (AvgIpc) is 2.95. The lowest BCUT2D eigenvalue weighted by Gasteiger charge is -2.14. The van der Waals surface area contributed by atoms with Gasteiger partial charge in [-0.2, -0.15) is 5.10 Å². The number of thiazole rings is 1. The molecule has 0 radical (unpaired) electrons. The largest absolute Gasteiger partial charge is 0.493 e. The molecule has 6 heteroatoms. The molecule has 0 spiro atoms. The van der Waals surface area contributed by atoms with E-state index in [0.29, 0.717) is 0 Å². The number of nitrogens with two attached hydrogens (primary N) is 1. The average molecular weight is 266 g/mol. The van der Waals surface area contributed by atoms with Gasteiger partial charge in [-0.25, -0.2) is 4.98 Å². The van der Waals surface area contributed by atoms with Gasteiger partial charge in [-0.15, -0.1) is 11.3 Å². The third-order valence-corrected chi connectivity index (χ3v) is 3.87. The van der Waals surface area contributed by atoms with Gasteiger partial charge in [0.1, 0.15) is 5.69 Å². The summed E-state index contributed by atoms with van der Waals surface area (Å²) < 4.78 is 7.27. The number of aromatic nitrogens is 3. The topological polar surface area (TPSA) is 66.0 Å². The highest BCUT2D eigenvalue weighted by molar-refractivity contribution is 7.09. The normalized spacial score (nSPS) is 12.7. The second kappa shape index (κ2) is 5.49. The van der Waals surface area contributed by atoms with Crippen molar-refractivity contribution in [1.82, 2.24) is 14.8 Å². The lowest BCUT2D eigenvalue weighted by molar-refractivity contribution is 0.404. The van der Waals surface area contributed by atoms with Crippen molar-refractivity contribution < 1.29 is 4.74 Å². The van der Waals surface area contributed by atoms with Gasteiger partial charge in [0.05, 0.1) is 35.4 Å². The molecule has 98 valence electrons. The third kappa shape index (κ3) is 2.26. The SMILES string of the molecule is CCCn1ncc(OC)c1C(N)c1scnc1C. The van der Waals surface area contributed by atoms with Crippen LogP contribution in [-0.4, -0.2) is 21.9 Å². The molecule has 0 saturated carbocycles. The summed E-state index contributed by atoms with van der Waals surface area (Å²) in [6.45, 7) is 4.92. The summed E-state index contributed by atoms with van der Waals surface area (Å²) in [4.78, 5) is 5.31. The summed E-state index contributed by atoms with van der Waals surface area (Å²) in [7, 11) is 1.64. The maximum atomic E-state index is 6.34. The molecule has 0 aliphatic heterocycles. The summed E-state index contributed by atoms with van der Waals surface area (Å²) in [5.74, 6) is 0.740. The van der Waals surface area contributed by atoms with Crippen LogP contribution in [0.3, 0.4) is 0 Å². The number of nitrogens with zero attached hydrogens (tertiary/aromatic N) is 3. The van der Waals surface area contributed by atoms with Gasteiger partial charge in [-0.05, 0) is 13.3 Å². The highest BCUT2D eigenvalue weighted by atomic mass is 32.1. The molecular weight excluding hydrogens is 248 g/mol. The van der Waals surface area contributed by atoms with Crippen molar-refractivity contribution in [3.63, 3.8) is 0 Å². The van der Waals surface area contributed by atoms with Gasteiger partial charge in [0.25, 0.3) is 0 Å². The first-order valence-corrected chi connectivity index (χ1v) is 6.82. The van der Waals surface area contributed by atoms with Gasteiger partial charge in [0, 0.05) is 6.54 Å². The minimum Gasteiger partial charge on any atom is -0.493 e. The molecule has 18 heavy (non-hydrogen) atoms. The Kier molecular flexibility index (Phi) is 3.98. The lowest BCUT2D eigenvalue weighted by atomic mass is 10.1. The molecule has 2 aromatic heterocycles. The van der Waals surface area contributed by atoms with Crippen molar-refractivity contribution in [1.29, 1.82) is 0 Å². The summed E-state index contributed by atoms with van der Waals surface area (Å²) in [5.41, 5.74) is 10.1. The molecule has 0 aromatic carbocycles. The first kappa shape index (κ1) is 13.0. The molecule has 0 fully saturated rings. The summed E-state index contributed by atoms with van der Waals surface area (Å²) >= 11 is 1.57. The van der Waals surface area contributed by atoms with Gasteiger partial charge in [-0.3, -0.25) is 4.68 Å². The molecule has 0 saturated heterocycles. The van der Waals surface area contributed by atoms with E-state index < -0.39 is 0 Å². The van der Waals surface area contributed by atoms with Crippen LogP contribution >= 0.6 is 11.3 Å². The minimum atomic E-state index is -0.235. The minimum absolute atomic E-state index is 0.235. The fraction of sp³-hybridized carbons (Fsp3) is 0.500. The van der Waals surface area contributed by atoms with Crippen molar-refractivity contribution in [2.24, 2.45) is 5.73 Å². The summed E-state index contributed by atoms with van der Waals surface area (Å²) in [5, 5.41) is 4.33. The first-order chi connectivity index (χ1) is 8.69. The zero-order valence-electron chi connectivity index (χ0n) is 10.9. The van der Waals surface area contributed by atoms with Gasteiger partial charge >= 0.3 is 0 Å². The van der Waals surface area contributed by atoms with Crippen molar-refractivity contribution in [3.05, 3.63) is 28.0 Å². The van der Waals surface area contributed by atoms with Crippen molar-refractivity contribution >= 4 is 11.3 Å². The van der Waals surface area contributed by atoms with E-state index in [1.807, 2.05) is 17.1 Å². The molecule has 0 aliphatic carbocycles. The van der Waals surface area contributed by atoms with Gasteiger partial charge in [0.2, 0.25) is 0 Å². The summed E-state index contributed by atoms with van der Waals surface area (Å²) in [6, 6.07) is -0.235. The van der Waals surface area contributed by atoms with E-state index in [2.05, 4.69) is 17.0 Å². The zero-order chi connectivity index (χ0) is 13.1. The molecule has 2 N–H and O–H groups in total. The van der Waals surface area contributed by atoms with Crippen LogP contribution < -0.4 is 10.5 Å². The van der Waals surface area contributed by atoms with E-state index in [1.54, 1.807) is 24.6 Å². The number of rotatable bonds is 5. The Bertz CT molecular complexity index is 520. The van der Waals surface area contributed by atoms with Crippen LogP contribution in [0.2, 0.25) is 0 Å². The molecule has 2 aromatic rings. The second-order valence-electron chi connectivity index (χ2n) is 4.10. The lowest BCUT2D eigenvalue weighted by Crippen LogP contribution is -2.18. The molecule has 0 amide bonds. The van der Waals surface area contributed by atoms with E-state index in [-0.39, 0.29) is 6.04 Å². The highest BCUT2D eigenvalue weighted by Crippen LogP contribution is 2.31. The van der Waals surface area contributed by atoms with Gasteiger partial charge in [0.15, 0.2) is 5.75 Å². The van der Waals surface area contributed by atoms with E-state index in [0.717, 1.165) is 35.0 Å². The van der Waals surface area contributed by atoms with Crippen LogP contribution in [-0.2, 0) is 6.54 Å². The molecule has 5 nitrogen and oxygen atoms in total. The maximum Gasteiger partial charge on any atom is 0.161 e. The van der Waals surface area contributed by atoms with E-state index in [4.69, 9.17) is 10.5 Å². The van der Waals surface area contributed by atoms with Crippen LogP contribution in [0.15, 0.2) is 11.7 Å². The molecule has 1 unspecified atom stereocenters. The van der Waals surface area contributed by atoms with E-state index in [9.17, 15) is 0 Å². The standard InChI is InChI=1S/C12H18N4OS/c1-4-5-16-11(9(17-3)6-15-16)10(13)12-8(2)14-7-18-12/h6-7,10H,4-5,13H2,1-3H3. The number of ether oxygens (including phenoxy) is 1. The molecule has 2 heterocycles. The fourth-order valence-electron chi connectivity index (χ4n) is 1.97. The molecule has 2 rings (SSSR count). The maximum absolute atomic E-state index is 6.34. The van der Waals surface area contributed by atoms with E-state index in [1.165, 1.54) is 0 Å². The molecule has 1 atom stereocenters.